The van der Waals surface area contributed by atoms with Gasteiger partial charge in [0, 0.05) is 37.7 Å². The minimum atomic E-state index is -0.514. The number of alkyl halides is 1. The van der Waals surface area contributed by atoms with Crippen LogP contribution in [0.4, 0.5) is 5.69 Å². The Morgan fingerprint density at radius 2 is 1.94 bits per heavy atom. The smallest absolute Gasteiger partial charge is 0.269 e. The average molecular weight is 273 g/mol. The fourth-order valence-corrected chi connectivity index (χ4v) is 1.47. The molecular formula is C12H17ClN2O3. The van der Waals surface area contributed by atoms with Crippen molar-refractivity contribution in [2.24, 2.45) is 0 Å². The minimum Gasteiger partial charge on any atom is -0.345 e. The van der Waals surface area contributed by atoms with Crippen molar-refractivity contribution in [1.82, 2.24) is 4.90 Å². The molecule has 0 aromatic heterocycles. The van der Waals surface area contributed by atoms with Crippen LogP contribution in [0.25, 0.3) is 0 Å². The summed E-state index contributed by atoms with van der Waals surface area (Å²) in [7, 11) is 3.23. The molecule has 100 valence electrons. The van der Waals surface area contributed by atoms with Crippen molar-refractivity contribution in [3.63, 3.8) is 0 Å². The number of nitrogens with zero attached hydrogens (tertiary/aromatic N) is 2. The molecule has 0 N–H and O–H groups in total. The number of nitro groups is 1. The van der Waals surface area contributed by atoms with Crippen molar-refractivity contribution in [3.8, 4) is 0 Å². The summed E-state index contributed by atoms with van der Waals surface area (Å²) in [6.07, 6.45) is 0. The third-order valence-electron chi connectivity index (χ3n) is 2.08. The zero-order valence-corrected chi connectivity index (χ0v) is 11.7. The second kappa shape index (κ2) is 7.66. The number of nitro benzene ring substituents is 1. The predicted molar refractivity (Wildman–Crippen MR) is 72.0 cm³/mol. The molecule has 0 spiro atoms. The van der Waals surface area contributed by atoms with Gasteiger partial charge in [0.15, 0.2) is 0 Å². The molecule has 1 amide bonds. The fourth-order valence-electron chi connectivity index (χ4n) is 1.25. The van der Waals surface area contributed by atoms with Crippen LogP contribution in [0.15, 0.2) is 18.2 Å². The first-order valence-electron chi connectivity index (χ1n) is 5.52. The van der Waals surface area contributed by atoms with Crippen molar-refractivity contribution < 1.29 is 9.72 Å². The van der Waals surface area contributed by atoms with Gasteiger partial charge >= 0.3 is 0 Å². The molecule has 0 heterocycles. The van der Waals surface area contributed by atoms with Crippen molar-refractivity contribution in [2.75, 3.05) is 14.1 Å². The molecule has 1 aromatic rings. The lowest BCUT2D eigenvalue weighted by atomic mass is 10.1. The van der Waals surface area contributed by atoms with Crippen LogP contribution in [-0.4, -0.2) is 29.8 Å². The summed E-state index contributed by atoms with van der Waals surface area (Å²) >= 11 is 5.66. The standard InChI is InChI=1S/C10H11ClN2O3.C2H6/c1-12(2)10(14)9-4-3-8(13(15)16)5-7(9)6-11;1-2/h3-5H,6H2,1-2H3;1-2H3. The second-order valence-electron chi connectivity index (χ2n) is 3.43. The van der Waals surface area contributed by atoms with Crippen molar-refractivity contribution in [2.45, 2.75) is 19.7 Å². The Bertz CT molecular complexity index is 433. The summed E-state index contributed by atoms with van der Waals surface area (Å²) in [5.74, 6) is -0.151. The SMILES string of the molecule is CC.CN(C)C(=O)c1ccc([N+](=O)[O-])cc1CCl. The van der Waals surface area contributed by atoms with Crippen molar-refractivity contribution in [3.05, 3.63) is 39.4 Å². The van der Waals surface area contributed by atoms with E-state index in [1.807, 2.05) is 13.8 Å². The van der Waals surface area contributed by atoms with Gasteiger partial charge in [-0.05, 0) is 11.6 Å². The van der Waals surface area contributed by atoms with Crippen LogP contribution in [0.5, 0.6) is 0 Å². The van der Waals surface area contributed by atoms with Crippen molar-refractivity contribution in [1.29, 1.82) is 0 Å². The number of amides is 1. The number of hydrogen-bond acceptors (Lipinski definition) is 3. The summed E-state index contributed by atoms with van der Waals surface area (Å²) in [6.45, 7) is 4.00. The molecule has 0 aliphatic rings. The second-order valence-corrected chi connectivity index (χ2v) is 3.70. The number of halogens is 1. The van der Waals surface area contributed by atoms with Gasteiger partial charge in [-0.1, -0.05) is 13.8 Å². The molecule has 1 aromatic carbocycles. The molecule has 0 saturated carbocycles. The summed E-state index contributed by atoms with van der Waals surface area (Å²) < 4.78 is 0. The molecule has 0 aliphatic heterocycles. The van der Waals surface area contributed by atoms with E-state index in [-0.39, 0.29) is 17.5 Å². The van der Waals surface area contributed by atoms with E-state index in [9.17, 15) is 14.9 Å². The van der Waals surface area contributed by atoms with E-state index in [1.54, 1.807) is 14.1 Å². The minimum absolute atomic E-state index is 0.0639. The Balaban J connectivity index is 0.00000137. The monoisotopic (exact) mass is 272 g/mol. The molecule has 18 heavy (non-hydrogen) atoms. The first-order chi connectivity index (χ1) is 8.47. The number of carbonyl (C=O) groups excluding carboxylic acids is 1. The van der Waals surface area contributed by atoms with E-state index in [0.717, 1.165) is 0 Å². The Morgan fingerprint density at radius 3 is 2.33 bits per heavy atom. The van der Waals surface area contributed by atoms with Crippen LogP contribution in [0, 0.1) is 10.1 Å². The lowest BCUT2D eigenvalue weighted by Gasteiger charge is -2.12. The van der Waals surface area contributed by atoms with Crippen LogP contribution < -0.4 is 0 Å². The maximum Gasteiger partial charge on any atom is 0.269 e. The van der Waals surface area contributed by atoms with Gasteiger partial charge in [-0.25, -0.2) is 0 Å². The van der Waals surface area contributed by atoms with Crippen LogP contribution in [0.1, 0.15) is 29.8 Å². The normalized spacial score (nSPS) is 9.17. The van der Waals surface area contributed by atoms with Crippen LogP contribution in [0.3, 0.4) is 0 Å². The summed E-state index contributed by atoms with van der Waals surface area (Å²) in [4.78, 5) is 23.1. The van der Waals surface area contributed by atoms with Gasteiger partial charge in [-0.2, -0.15) is 0 Å². The zero-order chi connectivity index (χ0) is 14.3. The van der Waals surface area contributed by atoms with Gasteiger partial charge < -0.3 is 4.90 Å². The summed E-state index contributed by atoms with van der Waals surface area (Å²) in [5, 5.41) is 10.6. The molecule has 1 rings (SSSR count). The largest absolute Gasteiger partial charge is 0.345 e. The number of rotatable bonds is 3. The van der Waals surface area contributed by atoms with Gasteiger partial charge in [-0.15, -0.1) is 11.6 Å². The highest BCUT2D eigenvalue weighted by atomic mass is 35.5. The van der Waals surface area contributed by atoms with Gasteiger partial charge in [0.05, 0.1) is 4.92 Å². The van der Waals surface area contributed by atoms with E-state index < -0.39 is 4.92 Å². The third kappa shape index (κ3) is 4.00. The molecule has 0 bridgehead atoms. The maximum atomic E-state index is 11.7. The Hall–Kier alpha value is -1.62. The van der Waals surface area contributed by atoms with Crippen LogP contribution in [-0.2, 0) is 5.88 Å². The van der Waals surface area contributed by atoms with E-state index in [2.05, 4.69) is 0 Å². The summed E-state index contributed by atoms with van der Waals surface area (Å²) in [6, 6.07) is 4.05. The third-order valence-corrected chi connectivity index (χ3v) is 2.37. The first-order valence-corrected chi connectivity index (χ1v) is 6.05. The summed E-state index contributed by atoms with van der Waals surface area (Å²) in [5.41, 5.74) is 0.797. The maximum absolute atomic E-state index is 11.7. The van der Waals surface area contributed by atoms with E-state index in [1.165, 1.54) is 23.1 Å². The number of non-ortho nitro benzene ring substituents is 1. The van der Waals surface area contributed by atoms with Gasteiger partial charge in [0.25, 0.3) is 11.6 Å². The number of carbonyl (C=O) groups is 1. The molecule has 0 fully saturated rings. The lowest BCUT2D eigenvalue weighted by Crippen LogP contribution is -2.22. The fraction of sp³-hybridized carbons (Fsp3) is 0.417. The molecule has 0 radical (unpaired) electrons. The topological polar surface area (TPSA) is 63.5 Å². The highest BCUT2D eigenvalue weighted by molar-refractivity contribution is 6.17. The zero-order valence-electron chi connectivity index (χ0n) is 10.9. The van der Waals surface area contributed by atoms with Gasteiger partial charge in [0.1, 0.15) is 0 Å². The van der Waals surface area contributed by atoms with Crippen molar-refractivity contribution >= 4 is 23.2 Å². The predicted octanol–water partition coefficient (Wildman–Crippen LogP) is 3.06. The Morgan fingerprint density at radius 1 is 1.39 bits per heavy atom. The molecule has 6 heteroatoms. The number of benzene rings is 1. The van der Waals surface area contributed by atoms with E-state index in [0.29, 0.717) is 11.1 Å². The molecule has 0 unspecified atom stereocenters. The van der Waals surface area contributed by atoms with E-state index >= 15 is 0 Å². The van der Waals surface area contributed by atoms with Crippen LogP contribution >= 0.6 is 11.6 Å². The van der Waals surface area contributed by atoms with Gasteiger partial charge in [-0.3, -0.25) is 14.9 Å². The highest BCUT2D eigenvalue weighted by Crippen LogP contribution is 2.20. The molecule has 0 saturated heterocycles. The quantitative estimate of drug-likeness (QED) is 0.483. The molecule has 5 nitrogen and oxygen atoms in total. The van der Waals surface area contributed by atoms with Crippen LogP contribution in [0.2, 0.25) is 0 Å². The average Bonchev–Trinajstić information content (AvgIpc) is 2.39. The lowest BCUT2D eigenvalue weighted by molar-refractivity contribution is -0.384. The molecule has 0 atom stereocenters. The number of hydrogen-bond donors (Lipinski definition) is 0. The Kier molecular flexibility index (Phi) is 6.97. The molecular weight excluding hydrogens is 256 g/mol. The molecule has 0 aliphatic carbocycles. The van der Waals surface area contributed by atoms with Gasteiger partial charge in [0.2, 0.25) is 0 Å². The first kappa shape index (κ1) is 16.4. The van der Waals surface area contributed by atoms with E-state index in [4.69, 9.17) is 11.6 Å². The highest BCUT2D eigenvalue weighted by Gasteiger charge is 2.16. The Labute approximate surface area is 112 Å².